The first-order valence-electron chi connectivity index (χ1n) is 9.45. The Balaban J connectivity index is 0.00000240. The molecule has 0 aliphatic carbocycles. The molecule has 0 aliphatic heterocycles. The smallest absolute Gasteiger partial charge is 0.213 e. The lowest BCUT2D eigenvalue weighted by Crippen LogP contribution is -3.00. The molecule has 0 saturated heterocycles. The predicted octanol–water partition coefficient (Wildman–Crippen LogP) is 1.30. The van der Waals surface area contributed by atoms with Gasteiger partial charge in [0, 0.05) is 23.9 Å². The molecule has 0 radical (unpaired) electrons. The van der Waals surface area contributed by atoms with E-state index in [1.54, 1.807) is 0 Å². The van der Waals surface area contributed by atoms with Crippen LogP contribution in [0.1, 0.15) is 16.8 Å². The molecule has 148 valence electrons. The quantitative estimate of drug-likeness (QED) is 0.330. The van der Waals surface area contributed by atoms with Crippen molar-refractivity contribution in [3.05, 3.63) is 89.6 Å². The van der Waals surface area contributed by atoms with Crippen LogP contribution in [0.5, 0.6) is 0 Å². The van der Waals surface area contributed by atoms with Crippen LogP contribution in [0.4, 0.5) is 0 Å². The average Bonchev–Trinajstić information content (AvgIpc) is 2.76. The van der Waals surface area contributed by atoms with Crippen LogP contribution in [0.25, 0.3) is 33.2 Å². The zero-order valence-corrected chi connectivity index (χ0v) is 18.7. The Morgan fingerprint density at radius 3 is 2.03 bits per heavy atom. The maximum Gasteiger partial charge on any atom is 0.213 e. The van der Waals surface area contributed by atoms with E-state index in [1.807, 2.05) is 18.2 Å². The van der Waals surface area contributed by atoms with Crippen molar-refractivity contribution in [2.75, 3.05) is 0 Å². The van der Waals surface area contributed by atoms with E-state index in [1.165, 1.54) is 11.1 Å². The van der Waals surface area contributed by atoms with Crippen LogP contribution < -0.4 is 28.5 Å². The molecule has 29 heavy (non-hydrogen) atoms. The number of fused-ring (bicyclic) bond motifs is 1. The number of aryl methyl sites for hydroxylation is 1. The molecule has 0 saturated carbocycles. The molecule has 4 rings (SSSR count). The van der Waals surface area contributed by atoms with Crippen molar-refractivity contribution in [1.29, 1.82) is 0 Å². The molecule has 4 aromatic rings. The van der Waals surface area contributed by atoms with Gasteiger partial charge in [-0.15, -0.1) is 0 Å². The van der Waals surface area contributed by atoms with Gasteiger partial charge >= 0.3 is 0 Å². The van der Waals surface area contributed by atoms with E-state index in [2.05, 4.69) is 73.1 Å². The van der Waals surface area contributed by atoms with Crippen LogP contribution in [0.3, 0.4) is 0 Å². The van der Waals surface area contributed by atoms with Crippen LogP contribution >= 0.6 is 0 Å². The highest BCUT2D eigenvalue weighted by molar-refractivity contribution is 5.88. The Hall–Kier alpha value is -2.28. The third-order valence-corrected chi connectivity index (χ3v) is 5.52. The summed E-state index contributed by atoms with van der Waals surface area (Å²) < 4.78 is 2.19. The van der Waals surface area contributed by atoms with Gasteiger partial charge in [-0.3, -0.25) is 0 Å². The van der Waals surface area contributed by atoms with E-state index >= 15 is 0 Å². The Kier molecular flexibility index (Phi) is 6.67. The van der Waals surface area contributed by atoms with Gasteiger partial charge in [0.05, 0.1) is 13.2 Å². The number of hydrogen-bond acceptors (Lipinski definition) is 2. The lowest BCUT2D eigenvalue weighted by molar-refractivity contribution is -0.665. The highest BCUT2D eigenvalue weighted by atomic mass is 127. The maximum atomic E-state index is 9.67. The van der Waals surface area contributed by atoms with Crippen molar-refractivity contribution >= 4 is 10.8 Å². The highest BCUT2D eigenvalue weighted by Gasteiger charge is 2.18. The third-order valence-electron chi connectivity index (χ3n) is 5.52. The Morgan fingerprint density at radius 2 is 1.34 bits per heavy atom. The second-order valence-electron chi connectivity index (χ2n) is 7.15. The summed E-state index contributed by atoms with van der Waals surface area (Å²) in [5.74, 6) is 0. The molecule has 4 heteroatoms. The average molecular weight is 497 g/mol. The van der Waals surface area contributed by atoms with Crippen molar-refractivity contribution in [3.8, 4) is 22.4 Å². The van der Waals surface area contributed by atoms with Gasteiger partial charge in [0.25, 0.3) is 0 Å². The molecule has 0 spiro atoms. The van der Waals surface area contributed by atoms with Crippen LogP contribution in [0.2, 0.25) is 0 Å². The molecular weight excluding hydrogens is 473 g/mol. The zero-order chi connectivity index (χ0) is 19.7. The summed E-state index contributed by atoms with van der Waals surface area (Å²) in [4.78, 5) is 0. The molecule has 0 aliphatic rings. The van der Waals surface area contributed by atoms with Crippen LogP contribution in [-0.4, -0.2) is 10.2 Å². The first kappa shape index (κ1) is 21.4. The lowest BCUT2D eigenvalue weighted by Gasteiger charge is -2.11. The molecule has 3 nitrogen and oxygen atoms in total. The van der Waals surface area contributed by atoms with Gasteiger partial charge < -0.3 is 34.2 Å². The Labute approximate surface area is 188 Å². The standard InChI is InChI=1S/C25H24NO2.HI/c1-17-24-13-23(16-28)22(15-27)12-21(24)14-25(26(17)2)20-10-6-9-19(11-20)18-7-4-3-5-8-18;/h3-14,27-28H,15-16H2,1-2H3;1H/q+1;/p-1. The second kappa shape index (κ2) is 9.03. The van der Waals surface area contributed by atoms with Crippen molar-refractivity contribution in [3.63, 3.8) is 0 Å². The van der Waals surface area contributed by atoms with Crippen molar-refractivity contribution in [1.82, 2.24) is 0 Å². The minimum Gasteiger partial charge on any atom is -1.00 e. The number of hydrogen-bond donors (Lipinski definition) is 2. The first-order chi connectivity index (χ1) is 13.6. The highest BCUT2D eigenvalue weighted by Crippen LogP contribution is 2.29. The van der Waals surface area contributed by atoms with Crippen LogP contribution in [0, 0.1) is 6.92 Å². The first-order valence-corrected chi connectivity index (χ1v) is 9.45. The largest absolute Gasteiger partial charge is 1.00 e. The van der Waals surface area contributed by atoms with E-state index in [0.29, 0.717) is 0 Å². The SMILES string of the molecule is Cc1c2cc(CO)c(CO)cc2cc(-c2cccc(-c3ccccc3)c2)[n+]1C.[I-]. The van der Waals surface area contributed by atoms with Crippen molar-refractivity contribution in [2.45, 2.75) is 20.1 Å². The number of aliphatic hydroxyl groups excluding tert-OH is 2. The predicted molar refractivity (Wildman–Crippen MR) is 113 cm³/mol. The topological polar surface area (TPSA) is 44.3 Å². The number of benzene rings is 3. The lowest BCUT2D eigenvalue weighted by atomic mass is 9.97. The van der Waals surface area contributed by atoms with E-state index in [4.69, 9.17) is 0 Å². The van der Waals surface area contributed by atoms with E-state index in [9.17, 15) is 10.2 Å². The van der Waals surface area contributed by atoms with Gasteiger partial charge in [0.2, 0.25) is 5.69 Å². The molecule has 0 bridgehead atoms. The summed E-state index contributed by atoms with van der Waals surface area (Å²) in [6.45, 7) is 1.94. The Morgan fingerprint density at radius 1 is 0.724 bits per heavy atom. The molecular formula is C25H24INO2. The molecule has 3 aromatic carbocycles. The minimum atomic E-state index is -0.0786. The van der Waals surface area contributed by atoms with Crippen molar-refractivity contribution in [2.24, 2.45) is 7.05 Å². The fourth-order valence-electron chi connectivity index (χ4n) is 3.81. The molecule has 2 N–H and O–H groups in total. The fraction of sp³-hybridized carbons (Fsp3) is 0.160. The molecule has 0 amide bonds. The number of pyridine rings is 1. The van der Waals surface area contributed by atoms with Gasteiger partial charge in [0.1, 0.15) is 7.05 Å². The second-order valence-corrected chi connectivity index (χ2v) is 7.15. The minimum absolute atomic E-state index is 0. The normalized spacial score (nSPS) is 10.8. The summed E-state index contributed by atoms with van der Waals surface area (Å²) in [5.41, 5.74) is 7.30. The summed E-state index contributed by atoms with van der Waals surface area (Å²) in [6, 6.07) is 25.1. The molecule has 0 fully saturated rings. The number of halogens is 1. The maximum absolute atomic E-state index is 9.67. The molecule has 1 heterocycles. The van der Waals surface area contributed by atoms with Crippen LogP contribution in [0.15, 0.2) is 72.8 Å². The van der Waals surface area contributed by atoms with Gasteiger partial charge in [-0.2, -0.15) is 4.57 Å². The molecule has 0 atom stereocenters. The van der Waals surface area contributed by atoms with Crippen molar-refractivity contribution < 1.29 is 38.8 Å². The number of rotatable bonds is 4. The van der Waals surface area contributed by atoms with Crippen LogP contribution in [-0.2, 0) is 20.3 Å². The number of nitrogens with zero attached hydrogens (tertiary/aromatic N) is 1. The van der Waals surface area contributed by atoms with Gasteiger partial charge in [0.15, 0.2) is 5.69 Å². The van der Waals surface area contributed by atoms with E-state index < -0.39 is 0 Å². The monoisotopic (exact) mass is 497 g/mol. The number of aliphatic hydroxyl groups is 2. The summed E-state index contributed by atoms with van der Waals surface area (Å²) in [5, 5.41) is 21.4. The Bertz CT molecular complexity index is 1160. The molecule has 1 aromatic heterocycles. The zero-order valence-electron chi connectivity index (χ0n) is 16.6. The van der Waals surface area contributed by atoms with E-state index in [-0.39, 0.29) is 37.2 Å². The fourth-order valence-corrected chi connectivity index (χ4v) is 3.81. The van der Waals surface area contributed by atoms with Gasteiger partial charge in [-0.1, -0.05) is 42.5 Å². The van der Waals surface area contributed by atoms with Gasteiger partial charge in [-0.25, -0.2) is 0 Å². The van der Waals surface area contributed by atoms with Gasteiger partial charge in [-0.05, 0) is 51.9 Å². The number of aromatic nitrogens is 1. The molecule has 0 unspecified atom stereocenters. The van der Waals surface area contributed by atoms with E-state index in [0.717, 1.165) is 38.9 Å². The summed E-state index contributed by atoms with van der Waals surface area (Å²) >= 11 is 0. The third kappa shape index (κ3) is 4.06. The summed E-state index contributed by atoms with van der Waals surface area (Å²) in [6.07, 6.45) is 0. The summed E-state index contributed by atoms with van der Waals surface area (Å²) in [7, 11) is 2.07.